The lowest BCUT2D eigenvalue weighted by atomic mass is 9.92. The van der Waals surface area contributed by atoms with Gasteiger partial charge in [0.2, 0.25) is 5.91 Å². The molecule has 0 radical (unpaired) electrons. The van der Waals surface area contributed by atoms with Gasteiger partial charge in [0, 0.05) is 11.3 Å². The Morgan fingerprint density at radius 2 is 1.96 bits per heavy atom. The molecule has 2 atom stereocenters. The summed E-state index contributed by atoms with van der Waals surface area (Å²) in [6.07, 6.45) is 1.59. The first-order chi connectivity index (χ1) is 13.4. The maximum absolute atomic E-state index is 13.3. The lowest BCUT2D eigenvalue weighted by Crippen LogP contribution is -2.50. The fourth-order valence-electron chi connectivity index (χ4n) is 3.61. The molecule has 5 nitrogen and oxygen atoms in total. The van der Waals surface area contributed by atoms with E-state index in [-0.39, 0.29) is 11.8 Å². The molecule has 0 aliphatic carbocycles. The van der Waals surface area contributed by atoms with Gasteiger partial charge in [0.15, 0.2) is 0 Å². The lowest BCUT2D eigenvalue weighted by molar-refractivity contribution is -0.127. The van der Waals surface area contributed by atoms with E-state index in [9.17, 15) is 9.59 Å². The summed E-state index contributed by atoms with van der Waals surface area (Å²) in [6.45, 7) is 5.58. The van der Waals surface area contributed by atoms with E-state index in [0.29, 0.717) is 28.3 Å². The van der Waals surface area contributed by atoms with E-state index in [4.69, 9.17) is 18.0 Å². The number of nitrogen functional groups attached to an aromatic ring is 1. The molecule has 1 aliphatic rings. The number of nitrogens with two attached hydrogens (primary N) is 1. The van der Waals surface area contributed by atoms with Crippen LogP contribution in [0.3, 0.4) is 0 Å². The van der Waals surface area contributed by atoms with Crippen molar-refractivity contribution in [2.45, 2.75) is 45.6 Å². The number of nitrogens with zero attached hydrogens (tertiary/aromatic N) is 1. The molecule has 2 aromatic carbocycles. The fraction of sp³-hybridized carbons (Fsp3) is 0.318. The molecule has 28 heavy (non-hydrogen) atoms. The molecule has 1 unspecified atom stereocenters. The monoisotopic (exact) mass is 395 g/mol. The van der Waals surface area contributed by atoms with Crippen LogP contribution in [0.1, 0.15) is 45.1 Å². The Labute approximate surface area is 170 Å². The minimum atomic E-state index is -0.620. The van der Waals surface area contributed by atoms with E-state index >= 15 is 0 Å². The van der Waals surface area contributed by atoms with Crippen LogP contribution < -0.4 is 16.0 Å². The molecule has 1 aliphatic heterocycles. The zero-order chi connectivity index (χ0) is 20.4. The molecule has 0 spiro atoms. The van der Waals surface area contributed by atoms with Crippen molar-refractivity contribution in [3.63, 3.8) is 0 Å². The first-order valence-corrected chi connectivity index (χ1v) is 9.92. The highest BCUT2D eigenvalue weighted by atomic mass is 32.1. The van der Waals surface area contributed by atoms with Gasteiger partial charge in [-0.15, -0.1) is 0 Å². The molecular formula is C22H25N3O2S. The van der Waals surface area contributed by atoms with Crippen LogP contribution in [-0.2, 0) is 9.59 Å². The highest BCUT2D eigenvalue weighted by Crippen LogP contribution is 2.43. The molecule has 0 aromatic heterocycles. The Hall–Kier alpha value is -2.73. The van der Waals surface area contributed by atoms with E-state index in [1.54, 1.807) is 25.1 Å². The number of carbonyl (C=O) groups excluding carboxylic acids is 2. The van der Waals surface area contributed by atoms with Gasteiger partial charge in [-0.3, -0.25) is 9.59 Å². The quantitative estimate of drug-likeness (QED) is 0.604. The molecule has 6 heteroatoms. The van der Waals surface area contributed by atoms with E-state index in [1.165, 1.54) is 4.90 Å². The van der Waals surface area contributed by atoms with Gasteiger partial charge in [0.05, 0.1) is 16.6 Å². The Morgan fingerprint density at radius 1 is 1.25 bits per heavy atom. The van der Waals surface area contributed by atoms with Crippen LogP contribution in [0, 0.1) is 0 Å². The highest BCUT2D eigenvalue weighted by molar-refractivity contribution is 7.80. The van der Waals surface area contributed by atoms with Crippen LogP contribution >= 0.6 is 12.2 Å². The van der Waals surface area contributed by atoms with Crippen molar-refractivity contribution < 1.29 is 9.59 Å². The van der Waals surface area contributed by atoms with Gasteiger partial charge in [-0.25, -0.2) is 4.90 Å². The van der Waals surface area contributed by atoms with Crippen molar-refractivity contribution in [2.75, 3.05) is 10.6 Å². The topological polar surface area (TPSA) is 75.4 Å². The molecule has 0 bridgehead atoms. The summed E-state index contributed by atoms with van der Waals surface area (Å²) < 4.78 is 0. The summed E-state index contributed by atoms with van der Waals surface area (Å²) in [5, 5.41) is 3.06. The fourth-order valence-corrected chi connectivity index (χ4v) is 3.99. The normalized spacial score (nSPS) is 16.6. The van der Waals surface area contributed by atoms with E-state index in [1.807, 2.05) is 38.1 Å². The second-order valence-corrected chi connectivity index (χ2v) is 7.59. The van der Waals surface area contributed by atoms with Gasteiger partial charge in [-0.2, -0.15) is 0 Å². The van der Waals surface area contributed by atoms with Crippen LogP contribution in [0.5, 0.6) is 0 Å². The number of benzene rings is 2. The standard InChI is InChI=1S/C22H25N3O2S/c1-4-8-19(28)24-14(3)22(27)25-18-12-7-11-17(23)20(18)16-10-6-5-9-15(16)13(2)21(25)26/h5-7,9-14H,4,8,23H2,1-3H3,(H,24,28)/t13?,14-/m0/s1. The zero-order valence-corrected chi connectivity index (χ0v) is 17.2. The average Bonchev–Trinajstić information content (AvgIpc) is 2.76. The molecule has 0 fully saturated rings. The second kappa shape index (κ2) is 8.10. The van der Waals surface area contributed by atoms with Crippen LogP contribution in [-0.4, -0.2) is 22.8 Å². The maximum atomic E-state index is 13.3. The Balaban J connectivity index is 2.11. The van der Waals surface area contributed by atoms with Gasteiger partial charge >= 0.3 is 0 Å². The third kappa shape index (κ3) is 3.52. The summed E-state index contributed by atoms with van der Waals surface area (Å²) in [7, 11) is 0. The molecule has 1 heterocycles. The molecule has 146 valence electrons. The van der Waals surface area contributed by atoms with Crippen molar-refractivity contribution >= 4 is 40.4 Å². The number of anilines is 2. The number of fused-ring (bicyclic) bond motifs is 3. The SMILES string of the molecule is CCCC(=S)N[C@@H](C)C(=O)N1C(=O)C(C)c2ccccc2-c2c(N)cccc21. The predicted octanol–water partition coefficient (Wildman–Crippen LogP) is 4.02. The van der Waals surface area contributed by atoms with Crippen molar-refractivity contribution in [2.24, 2.45) is 0 Å². The number of imide groups is 1. The van der Waals surface area contributed by atoms with E-state index in [0.717, 1.165) is 17.5 Å². The average molecular weight is 396 g/mol. The second-order valence-electron chi connectivity index (χ2n) is 7.10. The van der Waals surface area contributed by atoms with Crippen molar-refractivity contribution in [1.82, 2.24) is 5.32 Å². The first kappa shape index (κ1) is 20.0. The first-order valence-electron chi connectivity index (χ1n) is 9.51. The Kier molecular flexibility index (Phi) is 5.79. The molecule has 0 saturated carbocycles. The third-order valence-corrected chi connectivity index (χ3v) is 5.37. The van der Waals surface area contributed by atoms with Gasteiger partial charge in [-0.1, -0.05) is 49.5 Å². The van der Waals surface area contributed by atoms with Gasteiger partial charge in [0.25, 0.3) is 5.91 Å². The number of nitrogens with one attached hydrogen (secondary N) is 1. The largest absolute Gasteiger partial charge is 0.398 e. The smallest absolute Gasteiger partial charge is 0.256 e. The minimum absolute atomic E-state index is 0.267. The molecule has 3 rings (SSSR count). The van der Waals surface area contributed by atoms with Crippen molar-refractivity contribution in [3.05, 3.63) is 48.0 Å². The summed E-state index contributed by atoms with van der Waals surface area (Å²) in [4.78, 5) is 28.5. The Bertz CT molecular complexity index is 941. The van der Waals surface area contributed by atoms with Crippen LogP contribution in [0.4, 0.5) is 11.4 Å². The molecule has 0 saturated heterocycles. The Morgan fingerprint density at radius 3 is 2.68 bits per heavy atom. The van der Waals surface area contributed by atoms with Crippen molar-refractivity contribution in [3.8, 4) is 11.1 Å². The summed E-state index contributed by atoms with van der Waals surface area (Å²) in [6, 6.07) is 12.4. The maximum Gasteiger partial charge on any atom is 0.256 e. The number of rotatable bonds is 4. The molecular weight excluding hydrogens is 370 g/mol. The van der Waals surface area contributed by atoms with Gasteiger partial charge in [-0.05, 0) is 49.9 Å². The third-order valence-electron chi connectivity index (χ3n) is 5.05. The zero-order valence-electron chi connectivity index (χ0n) is 16.4. The minimum Gasteiger partial charge on any atom is -0.398 e. The number of thiocarbonyl (C=S) groups is 1. The van der Waals surface area contributed by atoms with Crippen molar-refractivity contribution in [1.29, 1.82) is 0 Å². The van der Waals surface area contributed by atoms with E-state index < -0.39 is 12.0 Å². The molecule has 2 aromatic rings. The summed E-state index contributed by atoms with van der Waals surface area (Å²) in [5.74, 6) is -1.08. The van der Waals surface area contributed by atoms with Crippen LogP contribution in [0.15, 0.2) is 42.5 Å². The number of hydrogen-bond donors (Lipinski definition) is 2. The predicted molar refractivity (Wildman–Crippen MR) is 117 cm³/mol. The van der Waals surface area contributed by atoms with Gasteiger partial charge in [0.1, 0.15) is 6.04 Å². The van der Waals surface area contributed by atoms with E-state index in [2.05, 4.69) is 5.32 Å². The number of amides is 2. The summed E-state index contributed by atoms with van der Waals surface area (Å²) >= 11 is 5.30. The van der Waals surface area contributed by atoms with Crippen LogP contribution in [0.2, 0.25) is 0 Å². The number of hydrogen-bond acceptors (Lipinski definition) is 4. The molecule has 3 N–H and O–H groups in total. The molecule has 2 amide bonds. The number of carbonyl (C=O) groups is 2. The van der Waals surface area contributed by atoms with Crippen LogP contribution in [0.25, 0.3) is 11.1 Å². The summed E-state index contributed by atoms with van der Waals surface area (Å²) in [5.41, 5.74) is 9.80. The van der Waals surface area contributed by atoms with Gasteiger partial charge < -0.3 is 11.1 Å². The lowest BCUT2D eigenvalue weighted by Gasteiger charge is -2.27. The highest BCUT2D eigenvalue weighted by Gasteiger charge is 2.37.